The zero-order valence-corrected chi connectivity index (χ0v) is 18.6. The number of unbranched alkanes of at least 4 members (excludes halogenated alkanes) is 5. The Morgan fingerprint density at radius 2 is 0.818 bits per heavy atom. The zero-order valence-electron chi connectivity index (χ0n) is 18.6. The van der Waals surface area contributed by atoms with Crippen molar-refractivity contribution in [1.82, 2.24) is 0 Å². The average molecular weight is 319 g/mol. The zero-order chi connectivity index (χ0) is 19.1. The molecule has 0 heteroatoms. The molecule has 0 atom stereocenters. The molecule has 0 unspecified atom stereocenters. The van der Waals surface area contributed by atoms with Crippen LogP contribution >= 0.6 is 0 Å². The van der Waals surface area contributed by atoms with Gasteiger partial charge in [-0.15, -0.1) is 6.58 Å². The van der Waals surface area contributed by atoms with Crippen LogP contribution in [0.25, 0.3) is 0 Å². The Bertz CT molecular complexity index is 80.0. The summed E-state index contributed by atoms with van der Waals surface area (Å²) in [5.41, 5.74) is 0. The summed E-state index contributed by atoms with van der Waals surface area (Å²) < 4.78 is 0. The molecule has 0 spiro atoms. The van der Waals surface area contributed by atoms with Gasteiger partial charge in [0.25, 0.3) is 0 Å². The van der Waals surface area contributed by atoms with Gasteiger partial charge in [-0.05, 0) is 6.42 Å². The SMILES string of the molecule is C=CCCCC.CC.CC.CCC.CCCC.CCCCC. The second kappa shape index (κ2) is 85.2. The maximum atomic E-state index is 3.60. The van der Waals surface area contributed by atoms with E-state index in [0.29, 0.717) is 0 Å². The van der Waals surface area contributed by atoms with Crippen molar-refractivity contribution in [3.63, 3.8) is 0 Å². The lowest BCUT2D eigenvalue weighted by atomic mass is 10.3. The van der Waals surface area contributed by atoms with E-state index >= 15 is 0 Å². The maximum absolute atomic E-state index is 3.60. The van der Waals surface area contributed by atoms with Crippen molar-refractivity contribution in [2.45, 2.75) is 134 Å². The van der Waals surface area contributed by atoms with Gasteiger partial charge in [-0.2, -0.15) is 0 Å². The van der Waals surface area contributed by atoms with Crippen LogP contribution in [0.4, 0.5) is 0 Å². The molecule has 0 saturated heterocycles. The third-order valence-electron chi connectivity index (χ3n) is 1.97. The smallest absolute Gasteiger partial charge is 0.0354 e. The lowest BCUT2D eigenvalue weighted by Gasteiger charge is -1.81. The number of hydrogen-bond acceptors (Lipinski definition) is 0. The summed E-state index contributed by atoms with van der Waals surface area (Å²) in [5.74, 6) is 0. The van der Waals surface area contributed by atoms with Crippen LogP contribution < -0.4 is 0 Å². The molecule has 0 aliphatic heterocycles. The molecule has 0 fully saturated rings. The Morgan fingerprint density at radius 1 is 0.545 bits per heavy atom. The van der Waals surface area contributed by atoms with Gasteiger partial charge < -0.3 is 0 Å². The predicted molar refractivity (Wildman–Crippen MR) is 114 cm³/mol. The van der Waals surface area contributed by atoms with Crippen molar-refractivity contribution < 1.29 is 0 Å². The molecule has 0 aromatic carbocycles. The van der Waals surface area contributed by atoms with Crippen molar-refractivity contribution in [2.75, 3.05) is 0 Å². The van der Waals surface area contributed by atoms with Gasteiger partial charge in [0.2, 0.25) is 0 Å². The Kier molecular flexibility index (Phi) is 146. The molecule has 142 valence electrons. The van der Waals surface area contributed by atoms with Crippen LogP contribution in [0, 0.1) is 0 Å². The number of rotatable bonds is 6. The molecule has 0 amide bonds. The largest absolute Gasteiger partial charge is 0.103 e. The molecule has 0 rings (SSSR count). The number of hydrogen-bond donors (Lipinski definition) is 0. The fourth-order valence-electron chi connectivity index (χ4n) is 0.702. The van der Waals surface area contributed by atoms with Gasteiger partial charge in [-0.3, -0.25) is 0 Å². The monoisotopic (exact) mass is 318 g/mol. The van der Waals surface area contributed by atoms with E-state index in [1.54, 1.807) is 0 Å². The topological polar surface area (TPSA) is 0 Å². The molecule has 0 radical (unpaired) electrons. The van der Waals surface area contributed by atoms with E-state index in [1.165, 1.54) is 57.8 Å². The van der Waals surface area contributed by atoms with Crippen LogP contribution in [-0.2, 0) is 0 Å². The first kappa shape index (κ1) is 37.7. The first-order chi connectivity index (χ1) is 10.7. The quantitative estimate of drug-likeness (QED) is 0.337. The maximum Gasteiger partial charge on any atom is -0.0354 e. The van der Waals surface area contributed by atoms with Crippen molar-refractivity contribution in [3.05, 3.63) is 12.7 Å². The van der Waals surface area contributed by atoms with Crippen LogP contribution in [0.3, 0.4) is 0 Å². The van der Waals surface area contributed by atoms with E-state index in [-0.39, 0.29) is 0 Å². The summed E-state index contributed by atoms with van der Waals surface area (Å²) >= 11 is 0. The van der Waals surface area contributed by atoms with Gasteiger partial charge in [0, 0.05) is 0 Å². The molecule has 0 aliphatic rings. The highest BCUT2D eigenvalue weighted by Crippen LogP contribution is 1.91. The van der Waals surface area contributed by atoms with E-state index in [4.69, 9.17) is 0 Å². The molecule has 0 aromatic rings. The summed E-state index contributed by atoms with van der Waals surface area (Å²) in [7, 11) is 0. The molecular weight excluding hydrogens is 264 g/mol. The lowest BCUT2D eigenvalue weighted by molar-refractivity contribution is 0.772. The lowest BCUT2D eigenvalue weighted by Crippen LogP contribution is -1.61. The Hall–Kier alpha value is -0.260. The van der Waals surface area contributed by atoms with Crippen molar-refractivity contribution in [2.24, 2.45) is 0 Å². The van der Waals surface area contributed by atoms with Gasteiger partial charge in [-0.25, -0.2) is 0 Å². The normalized spacial score (nSPS) is 6.86. The number of allylic oxidation sites excluding steroid dienone is 1. The highest BCUT2D eigenvalue weighted by molar-refractivity contribution is 4.64. The molecule has 0 N–H and O–H groups in total. The van der Waals surface area contributed by atoms with Crippen molar-refractivity contribution in [1.29, 1.82) is 0 Å². The highest BCUT2D eigenvalue weighted by Gasteiger charge is 1.71. The van der Waals surface area contributed by atoms with Gasteiger partial charge in [-0.1, -0.05) is 134 Å². The van der Waals surface area contributed by atoms with E-state index in [1.807, 2.05) is 33.8 Å². The highest BCUT2D eigenvalue weighted by atomic mass is 13.8. The second-order valence-corrected chi connectivity index (χ2v) is 4.49. The molecule has 0 aromatic heterocycles. The van der Waals surface area contributed by atoms with Gasteiger partial charge in [0.15, 0.2) is 0 Å². The molecule has 0 nitrogen and oxygen atoms in total. The molecule has 0 aliphatic carbocycles. The minimum Gasteiger partial charge on any atom is -0.103 e. The van der Waals surface area contributed by atoms with Crippen LogP contribution in [-0.4, -0.2) is 0 Å². The standard InChI is InChI=1S/C6H12.C5H12.C4H10.C3H8.2C2H6/c1-3-5-6-4-2;1-3-5-4-2;1-3-4-2;1-3-2;2*1-2/h3H,1,4-6H2,2H3;3-5H2,1-2H3;3-4H2,1-2H3;3H2,1-2H3;2*1-2H3. The van der Waals surface area contributed by atoms with E-state index in [2.05, 4.69) is 55.0 Å². The average Bonchev–Trinajstić information content (AvgIpc) is 2.59. The van der Waals surface area contributed by atoms with Crippen LogP contribution in [0.15, 0.2) is 12.7 Å². The summed E-state index contributed by atoms with van der Waals surface area (Å²) in [6.45, 7) is 26.8. The van der Waals surface area contributed by atoms with E-state index < -0.39 is 0 Å². The van der Waals surface area contributed by atoms with Crippen LogP contribution in [0.1, 0.15) is 134 Å². The summed E-state index contributed by atoms with van der Waals surface area (Å²) in [6.07, 6.45) is 13.7. The molecule has 0 bridgehead atoms. The first-order valence-corrected chi connectivity index (χ1v) is 10.3. The van der Waals surface area contributed by atoms with Gasteiger partial charge in [0.1, 0.15) is 0 Å². The summed E-state index contributed by atoms with van der Waals surface area (Å²) in [4.78, 5) is 0. The fourth-order valence-corrected chi connectivity index (χ4v) is 0.702. The van der Waals surface area contributed by atoms with Crippen LogP contribution in [0.5, 0.6) is 0 Å². The fraction of sp³-hybridized carbons (Fsp3) is 0.909. The van der Waals surface area contributed by atoms with Crippen molar-refractivity contribution >= 4 is 0 Å². The summed E-state index contributed by atoms with van der Waals surface area (Å²) in [6, 6.07) is 0. The summed E-state index contributed by atoms with van der Waals surface area (Å²) in [5, 5.41) is 0. The Morgan fingerprint density at radius 3 is 0.864 bits per heavy atom. The first-order valence-electron chi connectivity index (χ1n) is 10.3. The third kappa shape index (κ3) is 210. The van der Waals surface area contributed by atoms with Gasteiger partial charge in [0.05, 0.1) is 0 Å². The van der Waals surface area contributed by atoms with Crippen LogP contribution in [0.2, 0.25) is 0 Å². The third-order valence-corrected chi connectivity index (χ3v) is 1.97. The molecular formula is C22H54. The molecule has 0 saturated carbocycles. The van der Waals surface area contributed by atoms with Gasteiger partial charge >= 0.3 is 0 Å². The second-order valence-electron chi connectivity index (χ2n) is 4.49. The van der Waals surface area contributed by atoms with E-state index in [0.717, 1.165) is 0 Å². The Labute approximate surface area is 147 Å². The Balaban J connectivity index is -0.0000000368. The molecule has 0 heterocycles. The minimum atomic E-state index is 1.18. The predicted octanol–water partition coefficient (Wildman–Crippen LogP) is 9.83. The molecule has 22 heavy (non-hydrogen) atoms. The minimum absolute atomic E-state index is 1.18. The van der Waals surface area contributed by atoms with E-state index in [9.17, 15) is 0 Å². The van der Waals surface area contributed by atoms with Crippen molar-refractivity contribution in [3.8, 4) is 0 Å².